The maximum Gasteiger partial charge on any atom is 0.203 e. The zero-order valence-electron chi connectivity index (χ0n) is 16.4. The Balaban J connectivity index is 1.55. The van der Waals surface area contributed by atoms with Gasteiger partial charge in [-0.05, 0) is 50.9 Å². The largest absolute Gasteiger partial charge is 0.381 e. The molecule has 2 heterocycles. The molecule has 0 amide bonds. The van der Waals surface area contributed by atoms with Crippen LogP contribution in [0.5, 0.6) is 0 Å². The van der Waals surface area contributed by atoms with Crippen molar-refractivity contribution in [3.63, 3.8) is 0 Å². The topological polar surface area (TPSA) is 96.9 Å². The summed E-state index contributed by atoms with van der Waals surface area (Å²) < 4.78 is 5.51. The highest BCUT2D eigenvalue weighted by molar-refractivity contribution is 8.00. The molecule has 3 rings (SSSR count). The molecule has 5 atom stereocenters. The van der Waals surface area contributed by atoms with Gasteiger partial charge in [-0.3, -0.25) is 0 Å². The van der Waals surface area contributed by atoms with E-state index in [1.165, 1.54) is 30.6 Å². The van der Waals surface area contributed by atoms with Gasteiger partial charge >= 0.3 is 0 Å². The molecule has 152 valence electrons. The summed E-state index contributed by atoms with van der Waals surface area (Å²) in [5.41, 5.74) is 6.66. The minimum absolute atomic E-state index is 0.294. The van der Waals surface area contributed by atoms with Crippen molar-refractivity contribution in [1.82, 2.24) is 15.5 Å². The first-order chi connectivity index (χ1) is 13.1. The third kappa shape index (κ3) is 5.65. The molecule has 1 aromatic rings. The fourth-order valence-corrected chi connectivity index (χ4v) is 6.43. The Hall–Kier alpha value is -0.700. The van der Waals surface area contributed by atoms with Crippen molar-refractivity contribution < 1.29 is 4.74 Å². The predicted octanol–water partition coefficient (Wildman–Crippen LogP) is 3.90. The number of nitrogens with one attached hydrogen (secondary N) is 2. The van der Waals surface area contributed by atoms with Gasteiger partial charge in [-0.15, -0.1) is 22.0 Å². The molecule has 4 N–H and O–H groups in total. The van der Waals surface area contributed by atoms with Crippen LogP contribution in [0.4, 0.5) is 5.13 Å². The van der Waals surface area contributed by atoms with E-state index < -0.39 is 0 Å². The van der Waals surface area contributed by atoms with Crippen LogP contribution in [0.15, 0.2) is 0 Å². The third-order valence-corrected chi connectivity index (χ3v) is 8.29. The van der Waals surface area contributed by atoms with E-state index in [0.717, 1.165) is 49.1 Å². The van der Waals surface area contributed by atoms with Crippen molar-refractivity contribution in [2.75, 3.05) is 24.8 Å². The Morgan fingerprint density at radius 3 is 2.89 bits per heavy atom. The van der Waals surface area contributed by atoms with Gasteiger partial charge in [-0.1, -0.05) is 24.7 Å². The van der Waals surface area contributed by atoms with Crippen molar-refractivity contribution in [2.45, 2.75) is 69.6 Å². The van der Waals surface area contributed by atoms with E-state index in [9.17, 15) is 0 Å². The summed E-state index contributed by atoms with van der Waals surface area (Å²) in [7, 11) is 0. The standard InChI is InChI=1S/C19H33N5OS2/c1-3-16(20)17(26-11-22-12(2)15-7-8-25-10-15)13-5-4-6-14(9-13)18-23-24-19(21)27-18/h12-15,17,20,22H,3-11H2,1-2H3,(H2,21,24). The van der Waals surface area contributed by atoms with Crippen LogP contribution in [-0.2, 0) is 4.74 Å². The molecule has 27 heavy (non-hydrogen) atoms. The number of thioether (sulfide) groups is 1. The molecule has 5 unspecified atom stereocenters. The third-order valence-electron chi connectivity index (χ3n) is 6.01. The van der Waals surface area contributed by atoms with Gasteiger partial charge < -0.3 is 21.2 Å². The Bertz CT molecular complexity index is 605. The summed E-state index contributed by atoms with van der Waals surface area (Å²) in [5, 5.41) is 22.4. The number of nitrogens with zero attached hydrogens (tertiary/aromatic N) is 2. The summed E-state index contributed by atoms with van der Waals surface area (Å²) in [5.74, 6) is 2.51. The second kappa shape index (κ2) is 10.2. The summed E-state index contributed by atoms with van der Waals surface area (Å²) in [6, 6.07) is 0.472. The monoisotopic (exact) mass is 411 g/mol. The lowest BCUT2D eigenvalue weighted by Gasteiger charge is -2.34. The van der Waals surface area contributed by atoms with E-state index >= 15 is 0 Å². The minimum Gasteiger partial charge on any atom is -0.381 e. The fraction of sp³-hybridized carbons (Fsp3) is 0.842. The molecule has 0 radical (unpaired) electrons. The SMILES string of the molecule is CCC(=N)C(SCNC(C)C1CCOC1)C1CCCC(c2nnc(N)s2)C1. The molecule has 2 fully saturated rings. The van der Waals surface area contributed by atoms with Gasteiger partial charge in [0.2, 0.25) is 5.13 Å². The molecule has 0 spiro atoms. The lowest BCUT2D eigenvalue weighted by Crippen LogP contribution is -2.36. The molecule has 1 saturated heterocycles. The fourth-order valence-electron chi connectivity index (χ4n) is 4.24. The molecule has 0 bridgehead atoms. The predicted molar refractivity (Wildman–Crippen MR) is 115 cm³/mol. The molecule has 8 heteroatoms. The van der Waals surface area contributed by atoms with E-state index in [2.05, 4.69) is 29.4 Å². The van der Waals surface area contributed by atoms with Gasteiger partial charge in [-0.2, -0.15) is 0 Å². The maximum atomic E-state index is 8.54. The first-order valence-corrected chi connectivity index (χ1v) is 12.0. The quantitative estimate of drug-likeness (QED) is 0.421. The number of nitrogen functional groups attached to an aromatic ring is 1. The smallest absolute Gasteiger partial charge is 0.203 e. The van der Waals surface area contributed by atoms with Gasteiger partial charge in [0.1, 0.15) is 5.01 Å². The molecular weight excluding hydrogens is 378 g/mol. The number of hydrogen-bond acceptors (Lipinski definition) is 8. The van der Waals surface area contributed by atoms with Gasteiger partial charge in [0, 0.05) is 35.4 Å². The first kappa shape index (κ1) is 21.0. The van der Waals surface area contributed by atoms with E-state index in [1.54, 1.807) is 0 Å². The van der Waals surface area contributed by atoms with Crippen molar-refractivity contribution in [3.8, 4) is 0 Å². The number of anilines is 1. The molecule has 1 saturated carbocycles. The molecule has 6 nitrogen and oxygen atoms in total. The summed E-state index contributed by atoms with van der Waals surface area (Å²) in [6.07, 6.45) is 6.65. The van der Waals surface area contributed by atoms with Gasteiger partial charge in [0.15, 0.2) is 0 Å². The van der Waals surface area contributed by atoms with Crippen molar-refractivity contribution >= 4 is 33.9 Å². The molecule has 1 aliphatic carbocycles. The van der Waals surface area contributed by atoms with Crippen molar-refractivity contribution in [3.05, 3.63) is 5.01 Å². The highest BCUT2D eigenvalue weighted by Crippen LogP contribution is 2.42. The van der Waals surface area contributed by atoms with Crippen LogP contribution in [0.25, 0.3) is 0 Å². The highest BCUT2D eigenvalue weighted by Gasteiger charge is 2.33. The number of aromatic nitrogens is 2. The van der Waals surface area contributed by atoms with E-state index in [0.29, 0.717) is 34.2 Å². The summed E-state index contributed by atoms with van der Waals surface area (Å²) in [6.45, 7) is 6.14. The lowest BCUT2D eigenvalue weighted by atomic mass is 9.79. The van der Waals surface area contributed by atoms with E-state index in [1.807, 2.05) is 11.8 Å². The molecular formula is C19H33N5OS2. The molecule has 1 aromatic heterocycles. The van der Waals surface area contributed by atoms with E-state index in [-0.39, 0.29) is 0 Å². The second-order valence-electron chi connectivity index (χ2n) is 7.83. The number of nitrogens with two attached hydrogens (primary N) is 1. The van der Waals surface area contributed by atoms with E-state index in [4.69, 9.17) is 15.9 Å². The van der Waals surface area contributed by atoms with Gasteiger partial charge in [0.25, 0.3) is 0 Å². The second-order valence-corrected chi connectivity index (χ2v) is 10.00. The Morgan fingerprint density at radius 1 is 1.37 bits per heavy atom. The Labute approximate surface area is 170 Å². The maximum absolute atomic E-state index is 8.54. The summed E-state index contributed by atoms with van der Waals surface area (Å²) in [4.78, 5) is 0. The number of rotatable bonds is 9. The van der Waals surface area contributed by atoms with Gasteiger partial charge in [0.05, 0.1) is 6.61 Å². The number of hydrogen-bond donors (Lipinski definition) is 3. The van der Waals surface area contributed by atoms with Crippen LogP contribution in [-0.4, -0.2) is 46.3 Å². The van der Waals surface area contributed by atoms with Crippen molar-refractivity contribution in [2.24, 2.45) is 11.8 Å². The van der Waals surface area contributed by atoms with Crippen LogP contribution < -0.4 is 11.1 Å². The van der Waals surface area contributed by atoms with Gasteiger partial charge in [-0.25, -0.2) is 0 Å². The van der Waals surface area contributed by atoms with Crippen LogP contribution in [0.1, 0.15) is 63.3 Å². The first-order valence-electron chi connectivity index (χ1n) is 10.2. The Morgan fingerprint density at radius 2 is 2.22 bits per heavy atom. The average Bonchev–Trinajstić information content (AvgIpc) is 3.36. The number of ether oxygens (including phenoxy) is 1. The van der Waals surface area contributed by atoms with Crippen LogP contribution in [0.2, 0.25) is 0 Å². The summed E-state index contributed by atoms with van der Waals surface area (Å²) >= 11 is 3.45. The normalized spacial score (nSPS) is 28.1. The zero-order chi connectivity index (χ0) is 19.2. The Kier molecular flexibility index (Phi) is 7.93. The average molecular weight is 412 g/mol. The van der Waals surface area contributed by atoms with Crippen LogP contribution in [0.3, 0.4) is 0 Å². The zero-order valence-corrected chi connectivity index (χ0v) is 18.1. The molecule has 0 aromatic carbocycles. The van der Waals surface area contributed by atoms with Crippen LogP contribution >= 0.6 is 23.1 Å². The highest BCUT2D eigenvalue weighted by atomic mass is 32.2. The van der Waals surface area contributed by atoms with Crippen LogP contribution in [0, 0.1) is 17.2 Å². The van der Waals surface area contributed by atoms with Crippen molar-refractivity contribution in [1.29, 1.82) is 5.41 Å². The molecule has 2 aliphatic rings. The minimum atomic E-state index is 0.294. The molecule has 1 aliphatic heterocycles. The lowest BCUT2D eigenvalue weighted by molar-refractivity contribution is 0.179.